The van der Waals surface area contributed by atoms with Crippen molar-refractivity contribution in [2.24, 2.45) is 0 Å². The third-order valence-electron chi connectivity index (χ3n) is 4.31. The monoisotopic (exact) mass is 367 g/mol. The molecule has 7 nitrogen and oxygen atoms in total. The Morgan fingerprint density at radius 2 is 1.96 bits per heavy atom. The number of anilines is 2. The number of benzene rings is 1. The van der Waals surface area contributed by atoms with Crippen molar-refractivity contribution in [3.8, 4) is 11.3 Å². The second-order valence-corrected chi connectivity index (χ2v) is 6.30. The zero-order valence-corrected chi connectivity index (χ0v) is 14.9. The lowest BCUT2D eigenvalue weighted by molar-refractivity contribution is 0.626. The van der Waals surface area contributed by atoms with E-state index in [0.29, 0.717) is 28.5 Å². The number of nitrogen functional groups attached to an aromatic ring is 1. The highest BCUT2D eigenvalue weighted by atomic mass is 19.1. The smallest absolute Gasteiger partial charge is 0.166 e. The summed E-state index contributed by atoms with van der Waals surface area (Å²) in [6, 6.07) is 9.96. The summed E-state index contributed by atoms with van der Waals surface area (Å²) in [5.74, 6) is 0.717. The minimum atomic E-state index is -0.262. The number of halogens is 1. The van der Waals surface area contributed by atoms with Crippen LogP contribution in [0.2, 0.25) is 0 Å². The standard InChI is InChI=1S/C19H18FN7.2H2/c1-11-7-8-27-19(24-11)17(18(21)26-27)15-9-16(23-10-22-15)25-12(2)13-3-5-14(20)6-4-13;;/h3-10,12H,1-2H3,(H2,21,26)(H,22,23,25);2*1H/t12-;;/m0../s1. The Balaban J connectivity index is 0.00000150. The highest BCUT2D eigenvalue weighted by molar-refractivity contribution is 5.85. The lowest BCUT2D eigenvalue weighted by Crippen LogP contribution is -2.08. The molecule has 0 radical (unpaired) electrons. The Hall–Kier alpha value is -3.55. The molecule has 4 aromatic rings. The predicted molar refractivity (Wildman–Crippen MR) is 106 cm³/mol. The van der Waals surface area contributed by atoms with Crippen molar-refractivity contribution in [3.63, 3.8) is 0 Å². The molecule has 0 fully saturated rings. The van der Waals surface area contributed by atoms with Crippen LogP contribution < -0.4 is 11.1 Å². The fourth-order valence-electron chi connectivity index (χ4n) is 2.91. The number of nitrogens with one attached hydrogen (secondary N) is 1. The molecule has 0 amide bonds. The first-order valence-electron chi connectivity index (χ1n) is 8.47. The summed E-state index contributed by atoms with van der Waals surface area (Å²) >= 11 is 0. The fraction of sp³-hybridized carbons (Fsp3) is 0.158. The molecule has 3 aromatic heterocycles. The van der Waals surface area contributed by atoms with Gasteiger partial charge in [0.1, 0.15) is 18.0 Å². The minimum absolute atomic E-state index is 0. The first kappa shape index (κ1) is 16.9. The van der Waals surface area contributed by atoms with Crippen molar-refractivity contribution in [2.75, 3.05) is 11.1 Å². The van der Waals surface area contributed by atoms with Crippen molar-refractivity contribution in [1.82, 2.24) is 24.6 Å². The van der Waals surface area contributed by atoms with Crippen molar-refractivity contribution >= 4 is 17.3 Å². The molecular formula is C19H22FN7. The summed E-state index contributed by atoms with van der Waals surface area (Å²) in [5.41, 5.74) is 9.85. The van der Waals surface area contributed by atoms with Gasteiger partial charge in [-0.2, -0.15) is 0 Å². The van der Waals surface area contributed by atoms with Gasteiger partial charge in [0.15, 0.2) is 11.5 Å². The number of hydrogen-bond acceptors (Lipinski definition) is 6. The normalized spacial score (nSPS) is 12.3. The van der Waals surface area contributed by atoms with Gasteiger partial charge < -0.3 is 11.1 Å². The number of nitrogens with two attached hydrogens (primary N) is 1. The zero-order chi connectivity index (χ0) is 19.0. The highest BCUT2D eigenvalue weighted by Crippen LogP contribution is 2.29. The summed E-state index contributed by atoms with van der Waals surface area (Å²) in [5, 5.41) is 7.59. The first-order valence-corrected chi connectivity index (χ1v) is 8.47. The second-order valence-electron chi connectivity index (χ2n) is 6.30. The van der Waals surface area contributed by atoms with Crippen LogP contribution in [-0.2, 0) is 0 Å². The lowest BCUT2D eigenvalue weighted by atomic mass is 10.1. The average molecular weight is 367 g/mol. The van der Waals surface area contributed by atoms with Gasteiger partial charge in [-0.05, 0) is 37.6 Å². The molecule has 1 atom stereocenters. The van der Waals surface area contributed by atoms with Crippen molar-refractivity contribution in [2.45, 2.75) is 19.9 Å². The summed E-state index contributed by atoms with van der Waals surface area (Å²) in [6.07, 6.45) is 3.28. The molecule has 8 heteroatoms. The van der Waals surface area contributed by atoms with Gasteiger partial charge in [-0.3, -0.25) is 0 Å². The van der Waals surface area contributed by atoms with E-state index in [0.717, 1.165) is 11.3 Å². The molecule has 4 rings (SSSR count). The molecule has 1 aromatic carbocycles. The molecule has 0 aliphatic heterocycles. The first-order chi connectivity index (χ1) is 13.0. The van der Waals surface area contributed by atoms with E-state index in [2.05, 4.69) is 25.4 Å². The van der Waals surface area contributed by atoms with Crippen LogP contribution in [0.1, 0.15) is 27.1 Å². The molecule has 140 valence electrons. The molecule has 0 bridgehead atoms. The van der Waals surface area contributed by atoms with Crippen LogP contribution in [0.3, 0.4) is 0 Å². The largest absolute Gasteiger partial charge is 0.382 e. The summed E-state index contributed by atoms with van der Waals surface area (Å²) in [6.45, 7) is 3.88. The molecule has 3 N–H and O–H groups in total. The lowest BCUT2D eigenvalue weighted by Gasteiger charge is -2.15. The maximum atomic E-state index is 13.1. The van der Waals surface area contributed by atoms with Gasteiger partial charge >= 0.3 is 0 Å². The Labute approximate surface area is 158 Å². The predicted octanol–water partition coefficient (Wildman–Crippen LogP) is 3.88. The van der Waals surface area contributed by atoms with Crippen LogP contribution in [0.4, 0.5) is 16.0 Å². The van der Waals surface area contributed by atoms with Crippen LogP contribution in [0, 0.1) is 12.7 Å². The molecule has 27 heavy (non-hydrogen) atoms. The minimum Gasteiger partial charge on any atom is -0.382 e. The number of hydrogen-bond donors (Lipinski definition) is 2. The molecular weight excluding hydrogens is 345 g/mol. The molecule has 0 saturated carbocycles. The van der Waals surface area contributed by atoms with Gasteiger partial charge in [0.05, 0.1) is 11.3 Å². The van der Waals surface area contributed by atoms with Gasteiger partial charge in [-0.25, -0.2) is 23.9 Å². The summed E-state index contributed by atoms with van der Waals surface area (Å²) in [7, 11) is 0. The van der Waals surface area contributed by atoms with E-state index >= 15 is 0 Å². The Morgan fingerprint density at radius 1 is 1.19 bits per heavy atom. The fourth-order valence-corrected chi connectivity index (χ4v) is 2.91. The van der Waals surface area contributed by atoms with Gasteiger partial charge in [-0.15, -0.1) is 5.10 Å². The molecule has 0 spiro atoms. The van der Waals surface area contributed by atoms with E-state index in [-0.39, 0.29) is 14.7 Å². The van der Waals surface area contributed by atoms with E-state index in [9.17, 15) is 4.39 Å². The van der Waals surface area contributed by atoms with E-state index in [4.69, 9.17) is 5.73 Å². The van der Waals surface area contributed by atoms with Crippen LogP contribution in [0.15, 0.2) is 48.9 Å². The second kappa shape index (κ2) is 6.64. The van der Waals surface area contributed by atoms with Gasteiger partial charge in [0.25, 0.3) is 0 Å². The highest BCUT2D eigenvalue weighted by Gasteiger charge is 2.16. The summed E-state index contributed by atoms with van der Waals surface area (Å²) < 4.78 is 14.7. The van der Waals surface area contributed by atoms with Crippen LogP contribution in [-0.4, -0.2) is 24.6 Å². The number of aromatic nitrogens is 5. The number of rotatable bonds is 4. The Kier molecular flexibility index (Phi) is 4.15. The van der Waals surface area contributed by atoms with Crippen LogP contribution in [0.5, 0.6) is 0 Å². The van der Waals surface area contributed by atoms with E-state index in [1.165, 1.54) is 18.5 Å². The number of nitrogens with zero attached hydrogens (tertiary/aromatic N) is 5. The summed E-state index contributed by atoms with van der Waals surface area (Å²) in [4.78, 5) is 13.1. The number of fused-ring (bicyclic) bond motifs is 1. The van der Waals surface area contributed by atoms with Crippen molar-refractivity contribution in [3.05, 3.63) is 66.0 Å². The van der Waals surface area contributed by atoms with E-state index in [1.54, 1.807) is 22.7 Å². The van der Waals surface area contributed by atoms with Gasteiger partial charge in [0.2, 0.25) is 0 Å². The maximum Gasteiger partial charge on any atom is 0.166 e. The van der Waals surface area contributed by atoms with E-state index < -0.39 is 0 Å². The van der Waals surface area contributed by atoms with Crippen LogP contribution >= 0.6 is 0 Å². The van der Waals surface area contributed by atoms with Gasteiger partial charge in [-0.1, -0.05) is 12.1 Å². The Morgan fingerprint density at radius 3 is 2.74 bits per heavy atom. The average Bonchev–Trinajstić information content (AvgIpc) is 2.97. The molecule has 0 aliphatic carbocycles. The SMILES string of the molecule is Cc1ccn2nc(N)c(-c3cc(N[C@@H](C)c4ccc(F)cc4)ncn3)c2n1.[HH].[HH]. The molecule has 0 unspecified atom stereocenters. The maximum absolute atomic E-state index is 13.1. The molecule has 0 aliphatic rings. The molecule has 3 heterocycles. The van der Waals surface area contributed by atoms with E-state index in [1.807, 2.05) is 26.1 Å². The Bertz CT molecular complexity index is 1120. The van der Waals surface area contributed by atoms with Crippen molar-refractivity contribution < 1.29 is 7.24 Å². The topological polar surface area (TPSA) is 94.0 Å². The molecule has 0 saturated heterocycles. The van der Waals surface area contributed by atoms with Crippen LogP contribution in [0.25, 0.3) is 16.9 Å². The number of aryl methyl sites for hydroxylation is 1. The third kappa shape index (κ3) is 3.29. The van der Waals surface area contributed by atoms with Crippen molar-refractivity contribution in [1.29, 1.82) is 0 Å². The quantitative estimate of drug-likeness (QED) is 0.568. The van der Waals surface area contributed by atoms with Gasteiger partial charge in [0, 0.05) is 26.9 Å². The third-order valence-corrected chi connectivity index (χ3v) is 4.31. The zero-order valence-electron chi connectivity index (χ0n) is 14.9.